The number of carboxylic acid groups (broad SMARTS) is 4. The average molecular weight is 188 g/mol. The lowest BCUT2D eigenvalue weighted by atomic mass is 11.5. The van der Waals surface area contributed by atoms with Crippen molar-refractivity contribution in [1.82, 2.24) is 6.15 Å². The third-order valence-electron chi connectivity index (χ3n) is 0. The highest BCUT2D eigenvalue weighted by Crippen LogP contribution is 1.43. The predicted octanol–water partition coefficient (Wildman–Crippen LogP) is 0.749. The van der Waals surface area contributed by atoms with E-state index in [1.807, 2.05) is 0 Å². The highest BCUT2D eigenvalue weighted by atomic mass is 16.6. The zero-order chi connectivity index (χ0) is 9.86. The predicted molar refractivity (Wildman–Crippen MR) is 33.9 cm³/mol. The van der Waals surface area contributed by atoms with Crippen LogP contribution >= 0.6 is 0 Å². The van der Waals surface area contributed by atoms with Crippen LogP contribution < -0.4 is 6.15 Å². The van der Waals surface area contributed by atoms with Gasteiger partial charge in [0.15, 0.2) is 5.34 Å². The van der Waals surface area contributed by atoms with Gasteiger partial charge in [0.2, 0.25) is 0 Å². The molecule has 0 fully saturated rings. The van der Waals surface area contributed by atoms with Gasteiger partial charge in [-0.2, -0.15) is 0 Å². The summed E-state index contributed by atoms with van der Waals surface area (Å²) in [5.41, 5.74) is 0. The molecule has 0 aliphatic heterocycles. The molecular weight excluding hydrogens is 180 g/mol. The van der Waals surface area contributed by atoms with Gasteiger partial charge in [-0.1, -0.05) is 0 Å². The van der Waals surface area contributed by atoms with Crippen LogP contribution in [0.15, 0.2) is 5.34 Å². The van der Waals surface area contributed by atoms with Crippen molar-refractivity contribution in [3.05, 3.63) is 4.91 Å². The molecule has 0 aliphatic rings. The summed E-state index contributed by atoms with van der Waals surface area (Å²) in [4.78, 5) is 25.2. The summed E-state index contributed by atoms with van der Waals surface area (Å²) in [6.45, 7) is 0. The number of rotatable bonds is 0. The van der Waals surface area contributed by atoms with Gasteiger partial charge in [0, 0.05) is 0 Å². The van der Waals surface area contributed by atoms with Crippen molar-refractivity contribution in [3.63, 3.8) is 0 Å². The van der Waals surface area contributed by atoms with Crippen molar-refractivity contribution in [2.75, 3.05) is 0 Å². The molecule has 74 valence electrons. The minimum atomic E-state index is -1.83. The van der Waals surface area contributed by atoms with Crippen LogP contribution in [0.3, 0.4) is 0 Å². The minimum Gasteiger partial charge on any atom is -0.450 e. The van der Waals surface area contributed by atoms with Crippen LogP contribution in [0.4, 0.5) is 9.59 Å². The molecule has 0 heterocycles. The second-order valence-electron chi connectivity index (χ2n) is 0.647. The maximum atomic E-state index is 8.56. The zero-order valence-electron chi connectivity index (χ0n) is 5.62. The van der Waals surface area contributed by atoms with Crippen molar-refractivity contribution in [2.45, 2.75) is 0 Å². The molecule has 12 heavy (non-hydrogen) atoms. The maximum Gasteiger partial charge on any atom is 0.503 e. The van der Waals surface area contributed by atoms with Crippen molar-refractivity contribution in [3.8, 4) is 0 Å². The van der Waals surface area contributed by atoms with Crippen molar-refractivity contribution < 1.29 is 35.2 Å². The average Bonchev–Trinajstić information content (AvgIpc) is 1.60. The summed E-state index contributed by atoms with van der Waals surface area (Å²) in [5, 5.41) is 35.8. The Morgan fingerprint density at radius 1 is 0.917 bits per heavy atom. The summed E-state index contributed by atoms with van der Waals surface area (Å²) in [6, 6.07) is 0. The van der Waals surface area contributed by atoms with E-state index < -0.39 is 12.3 Å². The molecule has 0 saturated heterocycles. The molecule has 0 aromatic heterocycles. The normalized spacial score (nSPS) is 5.00. The molecule has 0 spiro atoms. The van der Waals surface area contributed by atoms with E-state index in [0.29, 0.717) is 0 Å². The van der Waals surface area contributed by atoms with E-state index in [1.54, 1.807) is 0 Å². The summed E-state index contributed by atoms with van der Waals surface area (Å²) in [5.74, 6) is 0. The Bertz CT molecular complexity index is 102. The fourth-order valence-corrected chi connectivity index (χ4v) is 0. The third kappa shape index (κ3) is 85.3. The Morgan fingerprint density at radius 2 is 0.917 bits per heavy atom. The largest absolute Gasteiger partial charge is 0.503 e. The monoisotopic (exact) mass is 188 g/mol. The third-order valence-corrected chi connectivity index (χ3v) is 0. The van der Waals surface area contributed by atoms with Crippen LogP contribution in [0.5, 0.6) is 0 Å². The Kier molecular flexibility index (Phi) is 43.4. The van der Waals surface area contributed by atoms with E-state index >= 15 is 0 Å². The first kappa shape index (κ1) is 22.5. The van der Waals surface area contributed by atoms with Crippen molar-refractivity contribution in [2.24, 2.45) is 5.34 Å². The minimum absolute atomic E-state index is 0. The van der Waals surface area contributed by atoms with E-state index in [1.165, 1.54) is 5.34 Å². The molecule has 10 nitrogen and oxygen atoms in total. The Labute approximate surface area is 65.2 Å². The fourth-order valence-electron chi connectivity index (χ4n) is 0. The molecule has 0 aliphatic carbocycles. The summed E-state index contributed by atoms with van der Waals surface area (Å²) in [6.07, 6.45) is -3.67. The van der Waals surface area contributed by atoms with E-state index in [-0.39, 0.29) is 6.15 Å². The number of hydrogen-bond acceptors (Lipinski definition) is 5. The first-order valence-corrected chi connectivity index (χ1v) is 1.69. The van der Waals surface area contributed by atoms with Crippen LogP contribution in [0.25, 0.3) is 0 Å². The molecule has 0 saturated carbocycles. The first-order valence-electron chi connectivity index (χ1n) is 1.69. The molecule has 0 amide bonds. The lowest BCUT2D eigenvalue weighted by molar-refractivity contribution is 0.135. The zero-order valence-corrected chi connectivity index (χ0v) is 5.62. The summed E-state index contributed by atoms with van der Waals surface area (Å²) < 4.78 is 0. The molecule has 8 N–H and O–H groups in total. The highest BCUT2D eigenvalue weighted by molar-refractivity contribution is 5.53. The van der Waals surface area contributed by atoms with Gasteiger partial charge in [-0.3, -0.25) is 0 Å². The molecule has 0 unspecified atom stereocenters. The maximum absolute atomic E-state index is 8.56. The smallest absolute Gasteiger partial charge is 0.450 e. The van der Waals surface area contributed by atoms with Gasteiger partial charge in [0.25, 0.3) is 0 Å². The van der Waals surface area contributed by atoms with Crippen LogP contribution in [0, 0.1) is 4.91 Å². The van der Waals surface area contributed by atoms with Crippen LogP contribution in [0.1, 0.15) is 0 Å². The first-order chi connectivity index (χ1) is 4.88. The van der Waals surface area contributed by atoms with Gasteiger partial charge in [0.05, 0.1) is 0 Å². The molecule has 0 atom stereocenters. The van der Waals surface area contributed by atoms with Crippen LogP contribution in [-0.4, -0.2) is 37.9 Å². The van der Waals surface area contributed by atoms with Crippen molar-refractivity contribution in [1.29, 1.82) is 0 Å². The van der Waals surface area contributed by atoms with E-state index in [9.17, 15) is 0 Å². The number of nitrogens with zero attached hydrogens (tertiary/aromatic N) is 1. The second-order valence-corrected chi connectivity index (χ2v) is 0.647. The topological polar surface area (TPSA) is 200 Å². The Balaban J connectivity index is -0.0000000389. The quantitative estimate of drug-likeness (QED) is 0.234. The van der Waals surface area contributed by atoms with Gasteiger partial charge in [0.1, 0.15) is 0 Å². The number of carbonyl (C=O) groups is 2. The molecular formula is C2H8N2O8. The van der Waals surface area contributed by atoms with Gasteiger partial charge >= 0.3 is 12.3 Å². The SMILES string of the molecule is N.O=C(O)O.O=C(O)O.O=NO. The standard InChI is InChI=1S/2CH2O3.HNO2.H3N/c2*2-1(3)4;2-1-3;/h2*(H2,2,3,4);(H,2,3);1H3. The lowest BCUT2D eigenvalue weighted by Gasteiger charge is -1.60. The molecule has 0 rings (SSSR count). The number of hydrogen-bond donors (Lipinski definition) is 6. The fraction of sp³-hybridized carbons (Fsp3) is 0. The van der Waals surface area contributed by atoms with Gasteiger partial charge in [-0.05, 0) is 0 Å². The molecule has 10 heteroatoms. The highest BCUT2D eigenvalue weighted by Gasteiger charge is 1.70. The lowest BCUT2D eigenvalue weighted by Crippen LogP contribution is -1.81. The van der Waals surface area contributed by atoms with Gasteiger partial charge in [-0.25, -0.2) is 9.59 Å². The Morgan fingerprint density at radius 3 is 0.917 bits per heavy atom. The van der Waals surface area contributed by atoms with E-state index in [2.05, 4.69) is 0 Å². The molecule has 0 radical (unpaired) electrons. The molecule has 0 aromatic rings. The summed E-state index contributed by atoms with van der Waals surface area (Å²) in [7, 11) is 0. The summed E-state index contributed by atoms with van der Waals surface area (Å²) >= 11 is 0. The van der Waals surface area contributed by atoms with E-state index in [4.69, 9.17) is 40.1 Å². The second kappa shape index (κ2) is 23.1. The molecule has 0 aromatic carbocycles. The van der Waals surface area contributed by atoms with Crippen molar-refractivity contribution >= 4 is 12.3 Å². The van der Waals surface area contributed by atoms with Gasteiger partial charge in [-0.15, -0.1) is 4.91 Å². The van der Waals surface area contributed by atoms with Crippen LogP contribution in [-0.2, 0) is 0 Å². The van der Waals surface area contributed by atoms with E-state index in [0.717, 1.165) is 0 Å². The molecule has 0 bridgehead atoms. The Hall–Kier alpha value is -2.10. The van der Waals surface area contributed by atoms with Gasteiger partial charge < -0.3 is 31.8 Å². The van der Waals surface area contributed by atoms with Crippen LogP contribution in [0.2, 0.25) is 0 Å².